The summed E-state index contributed by atoms with van der Waals surface area (Å²) in [5.41, 5.74) is 4.34. The van der Waals surface area contributed by atoms with E-state index in [0.29, 0.717) is 11.3 Å². The molecule has 5 heteroatoms. The number of thiazole rings is 1. The van der Waals surface area contributed by atoms with Crippen molar-refractivity contribution in [2.45, 2.75) is 33.7 Å². The number of rotatable bonds is 3. The molecule has 0 aliphatic carbocycles. The second kappa shape index (κ2) is 6.24. The van der Waals surface area contributed by atoms with Crippen molar-refractivity contribution in [3.05, 3.63) is 62.8 Å². The maximum absolute atomic E-state index is 12.5. The number of nitrogens with zero attached hydrogens (tertiary/aromatic N) is 1. The Morgan fingerprint density at radius 2 is 1.88 bits per heavy atom. The molecule has 0 atom stereocenters. The molecule has 0 spiro atoms. The molecule has 124 valence electrons. The highest BCUT2D eigenvalue weighted by Gasteiger charge is 2.13. The Labute approximate surface area is 144 Å². The minimum Gasteiger partial charge on any atom is -0.322 e. The molecular weight excluding hydrogens is 320 g/mol. The molecule has 1 N–H and O–H groups in total. The molecule has 0 unspecified atom stereocenters. The molecule has 3 aromatic rings. The Kier molecular flexibility index (Phi) is 4.28. The lowest BCUT2D eigenvalue weighted by atomic mass is 10.1. The van der Waals surface area contributed by atoms with Crippen molar-refractivity contribution in [3.63, 3.8) is 0 Å². The fraction of sp³-hybridized carbons (Fsp3) is 0.263. The molecule has 0 radical (unpaired) electrons. The van der Waals surface area contributed by atoms with E-state index >= 15 is 0 Å². The third kappa shape index (κ3) is 2.99. The molecule has 0 aliphatic rings. The van der Waals surface area contributed by atoms with Gasteiger partial charge >= 0.3 is 4.87 Å². The van der Waals surface area contributed by atoms with Crippen LogP contribution in [-0.4, -0.2) is 10.5 Å². The van der Waals surface area contributed by atoms with Gasteiger partial charge in [-0.25, -0.2) is 0 Å². The summed E-state index contributed by atoms with van der Waals surface area (Å²) in [6.45, 7) is 7.91. The summed E-state index contributed by atoms with van der Waals surface area (Å²) < 4.78 is 2.66. The van der Waals surface area contributed by atoms with Crippen LogP contribution in [0, 0.1) is 13.8 Å². The Bertz CT molecular complexity index is 983. The second-order valence-electron chi connectivity index (χ2n) is 6.29. The van der Waals surface area contributed by atoms with Crippen LogP contribution in [0.5, 0.6) is 0 Å². The number of hydrogen-bond acceptors (Lipinski definition) is 3. The van der Waals surface area contributed by atoms with Gasteiger partial charge in [0.05, 0.1) is 10.2 Å². The lowest BCUT2D eigenvalue weighted by Gasteiger charge is -2.10. The highest BCUT2D eigenvalue weighted by atomic mass is 32.1. The number of nitrogens with one attached hydrogen (secondary N) is 1. The van der Waals surface area contributed by atoms with Crippen LogP contribution in [-0.2, 0) is 0 Å². The molecular formula is C19H20N2O2S. The van der Waals surface area contributed by atoms with Crippen LogP contribution in [0.15, 0.2) is 41.2 Å². The first-order valence-corrected chi connectivity index (χ1v) is 8.72. The quantitative estimate of drug-likeness (QED) is 0.762. The number of aryl methyl sites for hydroxylation is 2. The molecule has 1 aromatic heterocycles. The van der Waals surface area contributed by atoms with E-state index in [2.05, 4.69) is 5.32 Å². The van der Waals surface area contributed by atoms with Crippen LogP contribution in [0.1, 0.15) is 41.4 Å². The number of carbonyl (C=O) groups is 1. The minimum atomic E-state index is -0.137. The van der Waals surface area contributed by atoms with Crippen LogP contribution in [0.2, 0.25) is 0 Å². The van der Waals surface area contributed by atoms with E-state index in [1.54, 1.807) is 4.57 Å². The largest absolute Gasteiger partial charge is 0.322 e. The Morgan fingerprint density at radius 1 is 1.12 bits per heavy atom. The molecule has 0 bridgehead atoms. The summed E-state index contributed by atoms with van der Waals surface area (Å²) in [5.74, 6) is -0.137. The number of carbonyl (C=O) groups excluding carboxylic acids is 1. The van der Waals surface area contributed by atoms with Gasteiger partial charge in [-0.1, -0.05) is 29.0 Å². The van der Waals surface area contributed by atoms with E-state index in [9.17, 15) is 9.59 Å². The van der Waals surface area contributed by atoms with Crippen LogP contribution >= 0.6 is 11.3 Å². The highest BCUT2D eigenvalue weighted by molar-refractivity contribution is 7.16. The number of aromatic nitrogens is 1. The van der Waals surface area contributed by atoms with Gasteiger partial charge in [0.25, 0.3) is 5.91 Å². The monoisotopic (exact) mass is 340 g/mol. The predicted molar refractivity (Wildman–Crippen MR) is 100 cm³/mol. The second-order valence-corrected chi connectivity index (χ2v) is 7.28. The molecule has 4 nitrogen and oxygen atoms in total. The number of benzene rings is 2. The Balaban J connectivity index is 1.93. The maximum atomic E-state index is 12.5. The zero-order chi connectivity index (χ0) is 17.4. The summed E-state index contributed by atoms with van der Waals surface area (Å²) in [7, 11) is 0. The van der Waals surface area contributed by atoms with E-state index in [0.717, 1.165) is 21.3 Å². The van der Waals surface area contributed by atoms with E-state index < -0.39 is 0 Å². The summed E-state index contributed by atoms with van der Waals surface area (Å²) in [6, 6.07) is 11.5. The van der Waals surface area contributed by atoms with Crippen molar-refractivity contribution in [3.8, 4) is 0 Å². The maximum Gasteiger partial charge on any atom is 0.308 e. The van der Waals surface area contributed by atoms with Crippen molar-refractivity contribution in [1.29, 1.82) is 0 Å². The molecule has 24 heavy (non-hydrogen) atoms. The van der Waals surface area contributed by atoms with Crippen LogP contribution < -0.4 is 10.2 Å². The summed E-state index contributed by atoms with van der Waals surface area (Å²) in [5, 5.41) is 2.93. The minimum absolute atomic E-state index is 0.0258. The lowest BCUT2D eigenvalue weighted by Crippen LogP contribution is -2.15. The van der Waals surface area contributed by atoms with Gasteiger partial charge in [0.15, 0.2) is 0 Å². The van der Waals surface area contributed by atoms with E-state index in [1.807, 2.05) is 64.1 Å². The average Bonchev–Trinajstić information content (AvgIpc) is 2.82. The van der Waals surface area contributed by atoms with Crippen molar-refractivity contribution in [2.75, 3.05) is 5.32 Å². The molecule has 3 rings (SSSR count). The van der Waals surface area contributed by atoms with E-state index in [1.165, 1.54) is 11.3 Å². The van der Waals surface area contributed by atoms with Gasteiger partial charge in [0, 0.05) is 17.3 Å². The molecule has 0 fully saturated rings. The summed E-state index contributed by atoms with van der Waals surface area (Å²) in [6.07, 6.45) is 0. The predicted octanol–water partition coefficient (Wildman–Crippen LogP) is 4.51. The first kappa shape index (κ1) is 16.5. The van der Waals surface area contributed by atoms with Gasteiger partial charge in [-0.15, -0.1) is 0 Å². The summed E-state index contributed by atoms with van der Waals surface area (Å²) >= 11 is 1.21. The molecule has 2 aromatic carbocycles. The average molecular weight is 340 g/mol. The van der Waals surface area contributed by atoms with Crippen LogP contribution in [0.4, 0.5) is 5.69 Å². The number of anilines is 1. The Morgan fingerprint density at radius 3 is 2.54 bits per heavy atom. The standard InChI is InChI=1S/C19H20N2O2S/c1-11(2)21-16-8-6-14(10-17(16)24-19(21)23)20-18(22)15-7-5-12(3)9-13(15)4/h5-11H,1-4H3,(H,20,22). The third-order valence-electron chi connectivity index (χ3n) is 4.01. The van der Waals surface area contributed by atoms with E-state index in [-0.39, 0.29) is 16.8 Å². The van der Waals surface area contributed by atoms with Crippen molar-refractivity contribution in [1.82, 2.24) is 4.57 Å². The zero-order valence-electron chi connectivity index (χ0n) is 14.2. The molecule has 1 heterocycles. The smallest absolute Gasteiger partial charge is 0.308 e. The molecule has 0 saturated heterocycles. The van der Waals surface area contributed by atoms with Crippen LogP contribution in [0.3, 0.4) is 0 Å². The van der Waals surface area contributed by atoms with E-state index in [4.69, 9.17) is 0 Å². The molecule has 1 amide bonds. The number of amides is 1. The SMILES string of the molecule is Cc1ccc(C(=O)Nc2ccc3c(c2)sc(=O)n3C(C)C)c(C)c1. The number of fused-ring (bicyclic) bond motifs is 1. The Hall–Kier alpha value is -2.40. The normalized spacial score (nSPS) is 11.2. The van der Waals surface area contributed by atoms with Gasteiger partial charge in [0.1, 0.15) is 0 Å². The highest BCUT2D eigenvalue weighted by Crippen LogP contribution is 2.24. The first-order chi connectivity index (χ1) is 11.4. The fourth-order valence-electron chi connectivity index (χ4n) is 2.87. The van der Waals surface area contributed by atoms with Gasteiger partial charge in [-0.05, 0) is 57.5 Å². The zero-order valence-corrected chi connectivity index (χ0v) is 15.0. The van der Waals surface area contributed by atoms with Gasteiger partial charge in [-0.3, -0.25) is 14.2 Å². The van der Waals surface area contributed by atoms with Gasteiger partial charge in [-0.2, -0.15) is 0 Å². The molecule has 0 aliphatic heterocycles. The van der Waals surface area contributed by atoms with Crippen LogP contribution in [0.25, 0.3) is 10.2 Å². The topological polar surface area (TPSA) is 51.1 Å². The van der Waals surface area contributed by atoms with Gasteiger partial charge < -0.3 is 5.32 Å². The van der Waals surface area contributed by atoms with Crippen molar-refractivity contribution < 1.29 is 4.79 Å². The summed E-state index contributed by atoms with van der Waals surface area (Å²) in [4.78, 5) is 24.6. The fourth-order valence-corrected chi connectivity index (χ4v) is 3.92. The van der Waals surface area contributed by atoms with Crippen molar-refractivity contribution in [2.24, 2.45) is 0 Å². The van der Waals surface area contributed by atoms with Crippen molar-refractivity contribution >= 4 is 33.1 Å². The third-order valence-corrected chi connectivity index (χ3v) is 4.93. The number of hydrogen-bond donors (Lipinski definition) is 1. The van der Waals surface area contributed by atoms with Gasteiger partial charge in [0.2, 0.25) is 0 Å². The lowest BCUT2D eigenvalue weighted by molar-refractivity contribution is 0.102. The molecule has 0 saturated carbocycles. The first-order valence-electron chi connectivity index (χ1n) is 7.90.